The Balaban J connectivity index is 0.000000247. The van der Waals surface area contributed by atoms with Crippen molar-refractivity contribution in [2.75, 3.05) is 16.8 Å². The summed E-state index contributed by atoms with van der Waals surface area (Å²) in [4.78, 5) is 4.75. The van der Waals surface area contributed by atoms with E-state index >= 15 is 0 Å². The molecule has 0 unspecified atom stereocenters. The van der Waals surface area contributed by atoms with E-state index in [-0.39, 0.29) is 21.7 Å². The Labute approximate surface area is 427 Å². The minimum absolute atomic E-state index is 0.00164. The summed E-state index contributed by atoms with van der Waals surface area (Å²) in [5, 5.41) is 5.03. The number of aryl methyl sites for hydroxylation is 2. The first-order chi connectivity index (χ1) is 33.5. The molecule has 0 atom stereocenters. The quantitative estimate of drug-likeness (QED) is 0.147. The fourth-order valence-electron chi connectivity index (χ4n) is 9.61. The van der Waals surface area contributed by atoms with Crippen LogP contribution in [0, 0.1) is 13.8 Å². The molecule has 0 aliphatic carbocycles. The predicted octanol–water partition coefficient (Wildman–Crippen LogP) is 20.1. The Kier molecular flexibility index (Phi) is 14.0. The Morgan fingerprint density at radius 1 is 0.282 bits per heavy atom. The van der Waals surface area contributed by atoms with Crippen molar-refractivity contribution in [2.45, 2.75) is 119 Å². The monoisotopic (exact) mass is 933 g/mol. The maximum atomic E-state index is 2.46. The maximum absolute atomic E-state index is 2.46. The summed E-state index contributed by atoms with van der Waals surface area (Å²) >= 11 is 0. The average molecular weight is 933 g/mol. The smallest absolute Gasteiger partial charge is 0.0468 e. The average Bonchev–Trinajstić information content (AvgIpc) is 3.32. The van der Waals surface area contributed by atoms with Gasteiger partial charge in [0, 0.05) is 35.5 Å². The minimum atomic E-state index is 0.00164. The SMILES string of the molecule is Cc1cccc(N(C)c2cc(C(C)(C)C)cc(C(C)(C)C)c2)c1.Cc1cccc(N(c2cc(C(C)(C)C)cc(C(C)(C)C)c2)c2ccc3c(-c4ccccc4)c4ccccc4c(-c4ccccc4)c3c2)c1. The number of nitrogens with zero attached hydrogens (tertiary/aromatic N) is 2. The zero-order valence-electron chi connectivity index (χ0n) is 45.3. The van der Waals surface area contributed by atoms with Crippen molar-refractivity contribution in [3.63, 3.8) is 0 Å². The molecule has 0 N–H and O–H groups in total. The second kappa shape index (κ2) is 19.7. The minimum Gasteiger partial charge on any atom is -0.345 e. The molecule has 0 saturated heterocycles. The highest BCUT2D eigenvalue weighted by Crippen LogP contribution is 2.47. The zero-order chi connectivity index (χ0) is 51.0. The highest BCUT2D eigenvalue weighted by molar-refractivity contribution is 6.22. The van der Waals surface area contributed by atoms with Gasteiger partial charge in [-0.1, -0.05) is 210 Å². The van der Waals surface area contributed by atoms with Crippen LogP contribution in [-0.2, 0) is 21.7 Å². The Morgan fingerprint density at radius 2 is 0.648 bits per heavy atom. The van der Waals surface area contributed by atoms with Gasteiger partial charge in [0.05, 0.1) is 0 Å². The molecule has 2 heteroatoms. The molecule has 0 aliphatic rings. The lowest BCUT2D eigenvalue weighted by molar-refractivity contribution is 0.568. The zero-order valence-corrected chi connectivity index (χ0v) is 45.3. The number of rotatable bonds is 7. The van der Waals surface area contributed by atoms with E-state index in [0.29, 0.717) is 0 Å². The molecule has 0 amide bonds. The Morgan fingerprint density at radius 3 is 1.08 bits per heavy atom. The molecular weight excluding hydrogens is 857 g/mol. The third-order valence-electron chi connectivity index (χ3n) is 14.0. The normalized spacial score (nSPS) is 12.2. The summed E-state index contributed by atoms with van der Waals surface area (Å²) in [6.07, 6.45) is 0. The van der Waals surface area contributed by atoms with E-state index in [1.54, 1.807) is 0 Å². The molecular formula is C69H76N2. The molecule has 71 heavy (non-hydrogen) atoms. The lowest BCUT2D eigenvalue weighted by Gasteiger charge is -2.32. The summed E-state index contributed by atoms with van der Waals surface area (Å²) in [6.45, 7) is 31.9. The highest BCUT2D eigenvalue weighted by atomic mass is 15.1. The van der Waals surface area contributed by atoms with Crippen LogP contribution < -0.4 is 9.80 Å². The third kappa shape index (κ3) is 11.2. The molecule has 0 saturated carbocycles. The van der Waals surface area contributed by atoms with Crippen molar-refractivity contribution in [1.29, 1.82) is 0 Å². The van der Waals surface area contributed by atoms with E-state index in [1.807, 2.05) is 0 Å². The van der Waals surface area contributed by atoms with Gasteiger partial charge in [0.15, 0.2) is 0 Å². The largest absolute Gasteiger partial charge is 0.345 e. The molecule has 0 aromatic heterocycles. The highest BCUT2D eigenvalue weighted by Gasteiger charge is 2.26. The van der Waals surface area contributed by atoms with Gasteiger partial charge in [-0.05, 0) is 173 Å². The molecule has 9 rings (SSSR count). The van der Waals surface area contributed by atoms with Crippen molar-refractivity contribution in [2.24, 2.45) is 0 Å². The fourth-order valence-corrected chi connectivity index (χ4v) is 9.61. The van der Waals surface area contributed by atoms with E-state index in [0.717, 1.165) is 11.4 Å². The lowest BCUT2D eigenvalue weighted by atomic mass is 9.80. The second-order valence-corrected chi connectivity index (χ2v) is 23.9. The lowest BCUT2D eigenvalue weighted by Crippen LogP contribution is -2.19. The maximum Gasteiger partial charge on any atom is 0.0468 e. The molecule has 9 aromatic carbocycles. The van der Waals surface area contributed by atoms with Crippen molar-refractivity contribution in [1.82, 2.24) is 0 Å². The predicted molar refractivity (Wildman–Crippen MR) is 312 cm³/mol. The molecule has 0 fully saturated rings. The van der Waals surface area contributed by atoms with E-state index < -0.39 is 0 Å². The summed E-state index contributed by atoms with van der Waals surface area (Å²) in [5.41, 5.74) is 19.2. The van der Waals surface area contributed by atoms with Gasteiger partial charge < -0.3 is 9.80 Å². The number of hydrogen-bond acceptors (Lipinski definition) is 2. The molecule has 0 bridgehead atoms. The molecule has 362 valence electrons. The van der Waals surface area contributed by atoms with E-state index in [9.17, 15) is 0 Å². The summed E-state index contributed by atoms with van der Waals surface area (Å²) in [6, 6.07) is 69.6. The van der Waals surface area contributed by atoms with Gasteiger partial charge in [-0.25, -0.2) is 0 Å². The van der Waals surface area contributed by atoms with Crippen LogP contribution in [0.5, 0.6) is 0 Å². The Hall–Kier alpha value is -6.90. The van der Waals surface area contributed by atoms with Crippen molar-refractivity contribution >= 4 is 50.0 Å². The van der Waals surface area contributed by atoms with Crippen LogP contribution in [0.2, 0.25) is 0 Å². The van der Waals surface area contributed by atoms with Crippen LogP contribution in [0.4, 0.5) is 28.4 Å². The van der Waals surface area contributed by atoms with Crippen LogP contribution in [-0.4, -0.2) is 7.05 Å². The molecule has 0 aliphatic heterocycles. The first-order valence-electron chi connectivity index (χ1n) is 25.6. The first-order valence-corrected chi connectivity index (χ1v) is 25.6. The molecule has 2 nitrogen and oxygen atoms in total. The van der Waals surface area contributed by atoms with Gasteiger partial charge in [-0.15, -0.1) is 0 Å². The van der Waals surface area contributed by atoms with Gasteiger partial charge in [-0.3, -0.25) is 0 Å². The molecule has 0 spiro atoms. The van der Waals surface area contributed by atoms with Gasteiger partial charge in [0.1, 0.15) is 0 Å². The molecule has 0 heterocycles. The van der Waals surface area contributed by atoms with Crippen molar-refractivity contribution in [3.05, 3.63) is 221 Å². The van der Waals surface area contributed by atoms with Crippen molar-refractivity contribution < 1.29 is 0 Å². The van der Waals surface area contributed by atoms with Crippen LogP contribution in [0.25, 0.3) is 43.8 Å². The van der Waals surface area contributed by atoms with Gasteiger partial charge in [0.2, 0.25) is 0 Å². The van der Waals surface area contributed by atoms with Gasteiger partial charge in [0.25, 0.3) is 0 Å². The topological polar surface area (TPSA) is 6.48 Å². The number of fused-ring (bicyclic) bond motifs is 2. The van der Waals surface area contributed by atoms with E-state index in [1.165, 1.54) is 94.2 Å². The van der Waals surface area contributed by atoms with Crippen LogP contribution in [0.1, 0.15) is 116 Å². The van der Waals surface area contributed by atoms with Crippen LogP contribution in [0.15, 0.2) is 188 Å². The molecule has 0 radical (unpaired) electrons. The van der Waals surface area contributed by atoms with E-state index in [4.69, 9.17) is 0 Å². The van der Waals surface area contributed by atoms with Crippen LogP contribution >= 0.6 is 0 Å². The number of benzene rings is 9. The number of hydrogen-bond donors (Lipinski definition) is 0. The van der Waals surface area contributed by atoms with Gasteiger partial charge >= 0.3 is 0 Å². The molecule has 9 aromatic rings. The van der Waals surface area contributed by atoms with Crippen molar-refractivity contribution in [3.8, 4) is 22.3 Å². The fraction of sp³-hybridized carbons (Fsp3) is 0.275. The number of anilines is 5. The summed E-state index contributed by atoms with van der Waals surface area (Å²) in [7, 11) is 2.16. The van der Waals surface area contributed by atoms with E-state index in [2.05, 4.69) is 302 Å². The third-order valence-corrected chi connectivity index (χ3v) is 14.0. The van der Waals surface area contributed by atoms with Gasteiger partial charge in [-0.2, -0.15) is 0 Å². The summed E-state index contributed by atoms with van der Waals surface area (Å²) in [5.74, 6) is 0. The standard InChI is InChI=1S/C47H45N.C22H31N/c1-32-17-16-22-37(27-32)48(39-29-35(46(2,3)4)28-36(30-39)47(5,6)7)38-25-26-42-43(31-38)45(34-20-12-9-13-21-34)41-24-15-14-23-40(41)44(42)33-18-10-8-11-19-33;1-16-10-9-11-19(12-16)23(8)20-14-17(21(2,3)4)13-18(15-20)22(5,6)7/h8-31H,1-7H3;9-15H,1-8H3. The second-order valence-electron chi connectivity index (χ2n) is 23.9. The van der Waals surface area contributed by atoms with Crippen LogP contribution in [0.3, 0.4) is 0 Å². The Bertz CT molecular complexity index is 3250. The summed E-state index contributed by atoms with van der Waals surface area (Å²) < 4.78 is 0. The first kappa shape index (κ1) is 50.5.